The van der Waals surface area contributed by atoms with Gasteiger partial charge in [-0.15, -0.1) is 0 Å². The first-order chi connectivity index (χ1) is 9.95. The van der Waals surface area contributed by atoms with E-state index in [0.29, 0.717) is 12.1 Å². The van der Waals surface area contributed by atoms with E-state index in [1.54, 1.807) is 18.2 Å². The van der Waals surface area contributed by atoms with E-state index in [-0.39, 0.29) is 10.9 Å². The molecule has 1 aliphatic rings. The lowest BCUT2D eigenvalue weighted by Gasteiger charge is -2.30. The molecule has 1 aliphatic carbocycles. The van der Waals surface area contributed by atoms with E-state index in [9.17, 15) is 18.3 Å². The lowest BCUT2D eigenvalue weighted by atomic mass is 9.84. The van der Waals surface area contributed by atoms with Crippen LogP contribution >= 0.6 is 0 Å². The number of carboxylic acids is 1. The molecule has 0 radical (unpaired) electrons. The van der Waals surface area contributed by atoms with Gasteiger partial charge in [0.15, 0.2) is 0 Å². The Morgan fingerprint density at radius 3 is 2.57 bits per heavy atom. The molecule has 1 aromatic carbocycles. The number of nitrogens with one attached hydrogen (secondary N) is 2. The fraction of sp³-hybridized carbons (Fsp3) is 0.500. The number of rotatable bonds is 5. The second-order valence-electron chi connectivity index (χ2n) is 5.18. The summed E-state index contributed by atoms with van der Waals surface area (Å²) in [5.41, 5.74) is 0.449. The number of sulfonamides is 1. The molecule has 1 saturated carbocycles. The molecule has 0 bridgehead atoms. The lowest BCUT2D eigenvalue weighted by molar-refractivity contribution is -0.143. The number of hydrogen-bond acceptors (Lipinski definition) is 4. The molecule has 1 aromatic rings. The molecule has 7 heteroatoms. The van der Waals surface area contributed by atoms with Crippen LogP contribution in [0.1, 0.15) is 25.7 Å². The summed E-state index contributed by atoms with van der Waals surface area (Å²) in [7, 11) is -2.22. The summed E-state index contributed by atoms with van der Waals surface area (Å²) < 4.78 is 26.3. The van der Waals surface area contributed by atoms with E-state index in [1.165, 1.54) is 13.1 Å². The number of hydrogen-bond donors (Lipinski definition) is 3. The average molecular weight is 312 g/mol. The molecule has 116 valence electrons. The van der Waals surface area contributed by atoms with Crippen molar-refractivity contribution in [2.45, 2.75) is 36.6 Å². The van der Waals surface area contributed by atoms with Gasteiger partial charge in [0.05, 0.1) is 11.6 Å². The highest BCUT2D eigenvalue weighted by Crippen LogP contribution is 2.29. The maximum Gasteiger partial charge on any atom is 0.308 e. The van der Waals surface area contributed by atoms with Crippen LogP contribution in [0.2, 0.25) is 0 Å². The van der Waals surface area contributed by atoms with Gasteiger partial charge in [0, 0.05) is 6.04 Å². The highest BCUT2D eigenvalue weighted by Gasteiger charge is 2.31. The maximum absolute atomic E-state index is 12.0. The molecule has 2 rings (SSSR count). The van der Waals surface area contributed by atoms with Crippen molar-refractivity contribution >= 4 is 21.7 Å². The molecule has 0 heterocycles. The maximum atomic E-state index is 12.0. The number of anilines is 1. The largest absolute Gasteiger partial charge is 0.481 e. The number of carboxylic acid groups (broad SMARTS) is 1. The van der Waals surface area contributed by atoms with Crippen LogP contribution in [0.25, 0.3) is 0 Å². The van der Waals surface area contributed by atoms with Crippen LogP contribution in [0.3, 0.4) is 0 Å². The summed E-state index contributed by atoms with van der Waals surface area (Å²) in [5, 5.41) is 12.4. The van der Waals surface area contributed by atoms with E-state index in [2.05, 4.69) is 10.0 Å². The second kappa shape index (κ2) is 6.44. The van der Waals surface area contributed by atoms with Gasteiger partial charge in [0.2, 0.25) is 10.0 Å². The van der Waals surface area contributed by atoms with Gasteiger partial charge in [-0.3, -0.25) is 4.79 Å². The van der Waals surface area contributed by atoms with Crippen LogP contribution in [0, 0.1) is 5.92 Å². The third-order valence-electron chi connectivity index (χ3n) is 3.87. The summed E-state index contributed by atoms with van der Waals surface area (Å²) in [4.78, 5) is 11.5. The molecule has 2 atom stereocenters. The van der Waals surface area contributed by atoms with Crippen molar-refractivity contribution in [3.8, 4) is 0 Å². The molecule has 0 saturated heterocycles. The Balaban J connectivity index is 2.29. The summed E-state index contributed by atoms with van der Waals surface area (Å²) in [6.07, 6.45) is 3.19. The number of para-hydroxylation sites is 1. The first kappa shape index (κ1) is 15.8. The van der Waals surface area contributed by atoms with Crippen LogP contribution in [0.15, 0.2) is 29.2 Å². The molecule has 21 heavy (non-hydrogen) atoms. The predicted octanol–water partition coefficient (Wildman–Crippen LogP) is 1.65. The summed E-state index contributed by atoms with van der Waals surface area (Å²) >= 11 is 0. The van der Waals surface area contributed by atoms with E-state index in [1.807, 2.05) is 0 Å². The van der Waals surface area contributed by atoms with Gasteiger partial charge in [-0.05, 0) is 32.0 Å². The van der Waals surface area contributed by atoms with Crippen molar-refractivity contribution in [1.82, 2.24) is 4.72 Å². The van der Waals surface area contributed by atoms with Gasteiger partial charge >= 0.3 is 5.97 Å². The quantitative estimate of drug-likeness (QED) is 0.768. The average Bonchev–Trinajstić information content (AvgIpc) is 2.48. The number of aliphatic carboxylic acids is 1. The zero-order valence-corrected chi connectivity index (χ0v) is 12.7. The van der Waals surface area contributed by atoms with Crippen LogP contribution in [-0.2, 0) is 14.8 Å². The van der Waals surface area contributed by atoms with Crippen LogP contribution in [0.4, 0.5) is 5.69 Å². The van der Waals surface area contributed by atoms with Crippen molar-refractivity contribution in [2.75, 3.05) is 12.4 Å². The topological polar surface area (TPSA) is 95.5 Å². The molecule has 0 amide bonds. The minimum atomic E-state index is -3.58. The van der Waals surface area contributed by atoms with Crippen molar-refractivity contribution in [1.29, 1.82) is 0 Å². The Bertz CT molecular complexity index is 615. The molecular formula is C14H20N2O4S. The molecule has 0 spiro atoms. The Labute approximate surface area is 124 Å². The normalized spacial score (nSPS) is 22.7. The number of benzene rings is 1. The van der Waals surface area contributed by atoms with Gasteiger partial charge in [-0.1, -0.05) is 25.0 Å². The van der Waals surface area contributed by atoms with Crippen molar-refractivity contribution in [3.63, 3.8) is 0 Å². The highest BCUT2D eigenvalue weighted by molar-refractivity contribution is 7.89. The Kier molecular flexibility index (Phi) is 4.84. The first-order valence-corrected chi connectivity index (χ1v) is 8.46. The Hall–Kier alpha value is -1.60. The second-order valence-corrected chi connectivity index (χ2v) is 7.04. The van der Waals surface area contributed by atoms with Gasteiger partial charge in [-0.2, -0.15) is 0 Å². The summed E-state index contributed by atoms with van der Waals surface area (Å²) in [5.74, 6) is -1.31. The molecule has 3 N–H and O–H groups in total. The van der Waals surface area contributed by atoms with E-state index < -0.39 is 21.9 Å². The molecule has 2 unspecified atom stereocenters. The van der Waals surface area contributed by atoms with Gasteiger partial charge < -0.3 is 10.4 Å². The number of carbonyl (C=O) groups is 1. The van der Waals surface area contributed by atoms with Crippen molar-refractivity contribution in [3.05, 3.63) is 24.3 Å². The predicted molar refractivity (Wildman–Crippen MR) is 79.7 cm³/mol. The smallest absolute Gasteiger partial charge is 0.308 e. The standard InChI is InChI=1S/C14H20N2O4S/c1-15-21(19,20)13-9-5-4-8-12(13)16-11-7-3-2-6-10(11)14(17)18/h4-5,8-11,15-16H,2-3,6-7H2,1H3,(H,17,18). The molecule has 0 aromatic heterocycles. The SMILES string of the molecule is CNS(=O)(=O)c1ccccc1NC1CCCCC1C(=O)O. The van der Waals surface area contributed by atoms with E-state index in [0.717, 1.165) is 19.3 Å². The molecule has 6 nitrogen and oxygen atoms in total. The first-order valence-electron chi connectivity index (χ1n) is 6.97. The fourth-order valence-corrected chi connectivity index (χ4v) is 3.62. The van der Waals surface area contributed by atoms with E-state index >= 15 is 0 Å². The van der Waals surface area contributed by atoms with Gasteiger partial charge in [0.25, 0.3) is 0 Å². The van der Waals surface area contributed by atoms with Crippen LogP contribution in [0.5, 0.6) is 0 Å². The van der Waals surface area contributed by atoms with Gasteiger partial charge in [-0.25, -0.2) is 13.1 Å². The van der Waals surface area contributed by atoms with Crippen LogP contribution < -0.4 is 10.0 Å². The molecule has 1 fully saturated rings. The van der Waals surface area contributed by atoms with E-state index in [4.69, 9.17) is 0 Å². The zero-order valence-electron chi connectivity index (χ0n) is 11.9. The zero-order chi connectivity index (χ0) is 15.5. The minimum Gasteiger partial charge on any atom is -0.481 e. The Morgan fingerprint density at radius 2 is 1.90 bits per heavy atom. The van der Waals surface area contributed by atoms with Crippen molar-refractivity contribution in [2.24, 2.45) is 5.92 Å². The van der Waals surface area contributed by atoms with Gasteiger partial charge in [0.1, 0.15) is 4.90 Å². The summed E-state index contributed by atoms with van der Waals surface area (Å²) in [6.45, 7) is 0. The molecule has 0 aliphatic heterocycles. The third-order valence-corrected chi connectivity index (χ3v) is 5.34. The fourth-order valence-electron chi connectivity index (χ4n) is 2.73. The Morgan fingerprint density at radius 1 is 1.24 bits per heavy atom. The molecular weight excluding hydrogens is 292 g/mol. The third kappa shape index (κ3) is 3.54. The lowest BCUT2D eigenvalue weighted by Crippen LogP contribution is -2.37. The monoisotopic (exact) mass is 312 g/mol. The van der Waals surface area contributed by atoms with Crippen molar-refractivity contribution < 1.29 is 18.3 Å². The van der Waals surface area contributed by atoms with Crippen LogP contribution in [-0.4, -0.2) is 32.6 Å². The minimum absolute atomic E-state index is 0.141. The summed E-state index contributed by atoms with van der Waals surface area (Å²) in [6, 6.07) is 6.30. The highest BCUT2D eigenvalue weighted by atomic mass is 32.2.